The summed E-state index contributed by atoms with van der Waals surface area (Å²) in [7, 11) is 3.21. The molecule has 86 valence electrons. The van der Waals surface area contributed by atoms with Crippen LogP contribution in [0.3, 0.4) is 0 Å². The molecule has 1 aliphatic rings. The fraction of sp³-hybridized carbons (Fsp3) is 0.444. The number of imide groups is 1. The monoisotopic (exact) mass is 224 g/mol. The molecule has 1 aromatic heterocycles. The number of rotatable bonds is 2. The maximum absolute atomic E-state index is 11.5. The van der Waals surface area contributed by atoms with Crippen LogP contribution in [0.4, 0.5) is 4.79 Å². The Kier molecular flexibility index (Phi) is 2.30. The zero-order chi connectivity index (χ0) is 11.9. The van der Waals surface area contributed by atoms with Crippen molar-refractivity contribution in [3.05, 3.63) is 11.3 Å². The van der Waals surface area contributed by atoms with Gasteiger partial charge >= 0.3 is 6.03 Å². The number of aromatic nitrogens is 2. The van der Waals surface area contributed by atoms with Crippen molar-refractivity contribution in [2.24, 2.45) is 7.05 Å². The smallest absolute Gasteiger partial charge is 0.322 e. The van der Waals surface area contributed by atoms with E-state index in [0.29, 0.717) is 17.1 Å². The van der Waals surface area contributed by atoms with Crippen molar-refractivity contribution in [2.45, 2.75) is 13.0 Å². The highest BCUT2D eigenvalue weighted by atomic mass is 16.5. The van der Waals surface area contributed by atoms with Gasteiger partial charge in [-0.1, -0.05) is 0 Å². The number of hydrogen-bond donors (Lipinski definition) is 2. The maximum Gasteiger partial charge on any atom is 0.322 e. The van der Waals surface area contributed by atoms with Gasteiger partial charge < -0.3 is 10.1 Å². The number of aryl methyl sites for hydroxylation is 2. The molecule has 0 radical (unpaired) electrons. The second-order valence-corrected chi connectivity index (χ2v) is 3.53. The largest absolute Gasteiger partial charge is 0.481 e. The van der Waals surface area contributed by atoms with Crippen molar-refractivity contribution >= 4 is 11.9 Å². The summed E-state index contributed by atoms with van der Waals surface area (Å²) in [6, 6.07) is -1.23. The minimum absolute atomic E-state index is 0.389. The van der Waals surface area contributed by atoms with Crippen LogP contribution in [0.15, 0.2) is 0 Å². The van der Waals surface area contributed by atoms with Crippen molar-refractivity contribution in [2.75, 3.05) is 7.11 Å². The van der Waals surface area contributed by atoms with E-state index in [1.807, 2.05) is 0 Å². The molecule has 1 saturated heterocycles. The number of amides is 3. The Labute approximate surface area is 91.8 Å². The molecule has 2 N–H and O–H groups in total. The predicted molar refractivity (Wildman–Crippen MR) is 53.9 cm³/mol. The molecule has 1 unspecified atom stereocenters. The fourth-order valence-corrected chi connectivity index (χ4v) is 1.85. The Hall–Kier alpha value is -2.05. The SMILES string of the molecule is COc1c(C2NC(=O)NC2=O)c(C)nn1C. The number of hydrogen-bond acceptors (Lipinski definition) is 4. The van der Waals surface area contributed by atoms with Gasteiger partial charge in [-0.2, -0.15) is 5.10 Å². The molecule has 0 bridgehead atoms. The number of carbonyl (C=O) groups excluding carboxylic acids is 2. The van der Waals surface area contributed by atoms with Crippen molar-refractivity contribution in [1.82, 2.24) is 20.4 Å². The standard InChI is InChI=1S/C9H12N4O3/c1-4-5(8(16-3)13(2)12-4)6-7(14)11-9(15)10-6/h6H,1-3H3,(H2,10,11,14,15). The van der Waals surface area contributed by atoms with Gasteiger partial charge in [-0.3, -0.25) is 10.1 Å². The lowest BCUT2D eigenvalue weighted by molar-refractivity contribution is -0.120. The first-order chi connectivity index (χ1) is 7.54. The van der Waals surface area contributed by atoms with E-state index in [1.165, 1.54) is 11.8 Å². The van der Waals surface area contributed by atoms with E-state index in [9.17, 15) is 9.59 Å². The normalized spacial score (nSPS) is 19.6. The van der Waals surface area contributed by atoms with E-state index in [0.717, 1.165) is 0 Å². The Balaban J connectivity index is 2.47. The average Bonchev–Trinajstić information content (AvgIpc) is 2.66. The van der Waals surface area contributed by atoms with Gasteiger partial charge in [0.25, 0.3) is 5.91 Å². The first-order valence-electron chi connectivity index (χ1n) is 4.73. The van der Waals surface area contributed by atoms with Crippen LogP contribution in [0.5, 0.6) is 5.88 Å². The number of ether oxygens (including phenoxy) is 1. The lowest BCUT2D eigenvalue weighted by Gasteiger charge is -2.09. The molecule has 7 nitrogen and oxygen atoms in total. The molecule has 2 rings (SSSR count). The van der Waals surface area contributed by atoms with Gasteiger partial charge in [0.15, 0.2) is 0 Å². The van der Waals surface area contributed by atoms with Gasteiger partial charge in [0.05, 0.1) is 18.4 Å². The third-order valence-corrected chi connectivity index (χ3v) is 2.47. The average molecular weight is 224 g/mol. The molecule has 0 spiro atoms. The molecule has 3 amide bonds. The van der Waals surface area contributed by atoms with E-state index in [-0.39, 0.29) is 5.91 Å². The van der Waals surface area contributed by atoms with Crippen LogP contribution < -0.4 is 15.4 Å². The molecule has 16 heavy (non-hydrogen) atoms. The number of nitrogens with one attached hydrogen (secondary N) is 2. The van der Waals surface area contributed by atoms with Gasteiger partial charge in [0, 0.05) is 7.05 Å². The first kappa shape index (κ1) is 10.5. The van der Waals surface area contributed by atoms with Crippen LogP contribution in [0.2, 0.25) is 0 Å². The Morgan fingerprint density at radius 3 is 2.62 bits per heavy atom. The zero-order valence-electron chi connectivity index (χ0n) is 9.20. The molecule has 1 fully saturated rings. The number of methoxy groups -OCH3 is 1. The molecular weight excluding hydrogens is 212 g/mol. The summed E-state index contributed by atoms with van der Waals surface area (Å²) in [5.74, 6) is 0.0826. The maximum atomic E-state index is 11.5. The molecule has 2 heterocycles. The van der Waals surface area contributed by atoms with Crippen LogP contribution >= 0.6 is 0 Å². The summed E-state index contributed by atoms with van der Waals surface area (Å²) in [5, 5.41) is 8.83. The van der Waals surface area contributed by atoms with Gasteiger partial charge in [-0.15, -0.1) is 0 Å². The van der Waals surface area contributed by atoms with Crippen molar-refractivity contribution in [3.8, 4) is 5.88 Å². The van der Waals surface area contributed by atoms with Crippen molar-refractivity contribution in [1.29, 1.82) is 0 Å². The predicted octanol–water partition coefficient (Wildman–Crippen LogP) is -0.382. The number of urea groups is 1. The topological polar surface area (TPSA) is 85.2 Å². The highest BCUT2D eigenvalue weighted by Crippen LogP contribution is 2.29. The molecule has 0 saturated carbocycles. The zero-order valence-corrected chi connectivity index (χ0v) is 9.20. The first-order valence-corrected chi connectivity index (χ1v) is 4.73. The van der Waals surface area contributed by atoms with Crippen LogP contribution in [0, 0.1) is 6.92 Å². The highest BCUT2D eigenvalue weighted by molar-refractivity contribution is 6.04. The lowest BCUT2D eigenvalue weighted by atomic mass is 10.1. The summed E-state index contributed by atoms with van der Waals surface area (Å²) in [4.78, 5) is 22.6. The molecule has 0 aliphatic carbocycles. The van der Waals surface area contributed by atoms with Gasteiger partial charge in [-0.25, -0.2) is 9.48 Å². The van der Waals surface area contributed by atoms with Crippen LogP contribution in [0.1, 0.15) is 17.3 Å². The summed E-state index contributed by atoms with van der Waals surface area (Å²) >= 11 is 0. The third-order valence-electron chi connectivity index (χ3n) is 2.47. The number of nitrogens with zero attached hydrogens (tertiary/aromatic N) is 2. The summed E-state index contributed by atoms with van der Waals surface area (Å²) in [5.41, 5.74) is 1.25. The van der Waals surface area contributed by atoms with Crippen LogP contribution in [-0.4, -0.2) is 28.8 Å². The molecule has 7 heteroatoms. The van der Waals surface area contributed by atoms with Gasteiger partial charge in [0.1, 0.15) is 6.04 Å². The van der Waals surface area contributed by atoms with Crippen molar-refractivity contribution < 1.29 is 14.3 Å². The third kappa shape index (κ3) is 1.40. The molecular formula is C9H12N4O3. The Morgan fingerprint density at radius 1 is 1.44 bits per heavy atom. The summed E-state index contributed by atoms with van der Waals surface area (Å²) in [6.07, 6.45) is 0. The van der Waals surface area contributed by atoms with Crippen LogP contribution in [-0.2, 0) is 11.8 Å². The number of carbonyl (C=O) groups is 2. The highest BCUT2D eigenvalue weighted by Gasteiger charge is 2.36. The quantitative estimate of drug-likeness (QED) is 0.670. The minimum atomic E-state index is -0.726. The van der Waals surface area contributed by atoms with E-state index in [4.69, 9.17) is 4.74 Å². The second kappa shape index (κ2) is 3.51. The van der Waals surface area contributed by atoms with E-state index < -0.39 is 12.1 Å². The fourth-order valence-electron chi connectivity index (χ4n) is 1.85. The Morgan fingerprint density at radius 2 is 2.12 bits per heavy atom. The molecule has 1 atom stereocenters. The minimum Gasteiger partial charge on any atom is -0.481 e. The van der Waals surface area contributed by atoms with Crippen LogP contribution in [0.25, 0.3) is 0 Å². The van der Waals surface area contributed by atoms with E-state index >= 15 is 0 Å². The molecule has 1 aromatic rings. The van der Waals surface area contributed by atoms with E-state index in [2.05, 4.69) is 15.7 Å². The second-order valence-electron chi connectivity index (χ2n) is 3.53. The van der Waals surface area contributed by atoms with E-state index in [1.54, 1.807) is 14.0 Å². The Bertz CT molecular complexity index is 466. The molecule has 0 aromatic carbocycles. The molecule has 1 aliphatic heterocycles. The van der Waals surface area contributed by atoms with Crippen molar-refractivity contribution in [3.63, 3.8) is 0 Å². The summed E-state index contributed by atoms with van der Waals surface area (Å²) in [6.45, 7) is 1.76. The van der Waals surface area contributed by atoms with Gasteiger partial charge in [0.2, 0.25) is 5.88 Å². The van der Waals surface area contributed by atoms with Gasteiger partial charge in [-0.05, 0) is 6.92 Å². The lowest BCUT2D eigenvalue weighted by Crippen LogP contribution is -2.22. The summed E-state index contributed by atoms with van der Waals surface area (Å²) < 4.78 is 6.69.